The Labute approximate surface area is 97.1 Å². The van der Waals surface area contributed by atoms with Gasteiger partial charge in [0.1, 0.15) is 11.4 Å². The van der Waals surface area contributed by atoms with Crippen LogP contribution in [0, 0.1) is 0 Å². The van der Waals surface area contributed by atoms with Crippen LogP contribution in [-0.4, -0.2) is 21.1 Å². The van der Waals surface area contributed by atoms with Gasteiger partial charge in [-0.1, -0.05) is 6.92 Å². The summed E-state index contributed by atoms with van der Waals surface area (Å²) < 4.78 is 0. The number of aryl methyl sites for hydroxylation is 1. The highest BCUT2D eigenvalue weighted by molar-refractivity contribution is 6.03. The van der Waals surface area contributed by atoms with Crippen molar-refractivity contribution in [2.45, 2.75) is 13.3 Å². The zero-order chi connectivity index (χ0) is 12.3. The van der Waals surface area contributed by atoms with Crippen molar-refractivity contribution in [2.75, 3.05) is 5.32 Å². The summed E-state index contributed by atoms with van der Waals surface area (Å²) >= 11 is 0. The number of pyridine rings is 1. The zero-order valence-corrected chi connectivity index (χ0v) is 9.28. The van der Waals surface area contributed by atoms with Gasteiger partial charge >= 0.3 is 0 Å². The molecule has 0 atom stereocenters. The second-order valence-electron chi connectivity index (χ2n) is 3.50. The fourth-order valence-corrected chi connectivity index (χ4v) is 1.46. The minimum atomic E-state index is -0.453. The second kappa shape index (κ2) is 4.65. The van der Waals surface area contributed by atoms with Gasteiger partial charge in [-0.25, -0.2) is 0 Å². The molecule has 0 fully saturated rings. The largest absolute Gasteiger partial charge is 0.367 e. The molecule has 2 rings (SSSR count). The standard InChI is InChI=1S/C11H12N4O2/c1-2-7-5-13-15-10(7)14-11(17)8-6-12-4-3-9(8)16/h3-6H,2H2,1H3,(H,12,16)(H2,13,14,15,17). The Balaban J connectivity index is 2.23. The molecule has 88 valence electrons. The molecule has 0 unspecified atom stereocenters. The van der Waals surface area contributed by atoms with Crippen LogP contribution in [0.25, 0.3) is 0 Å². The number of nitrogens with zero attached hydrogens (tertiary/aromatic N) is 1. The third-order valence-corrected chi connectivity index (χ3v) is 2.41. The van der Waals surface area contributed by atoms with Crippen molar-refractivity contribution in [2.24, 2.45) is 0 Å². The lowest BCUT2D eigenvalue weighted by molar-refractivity contribution is 0.102. The maximum absolute atomic E-state index is 11.8. The normalized spacial score (nSPS) is 10.2. The average Bonchev–Trinajstić information content (AvgIpc) is 2.76. The Morgan fingerprint density at radius 1 is 1.53 bits per heavy atom. The molecule has 17 heavy (non-hydrogen) atoms. The molecule has 6 heteroatoms. The lowest BCUT2D eigenvalue weighted by atomic mass is 10.2. The van der Waals surface area contributed by atoms with Crippen molar-refractivity contribution in [1.29, 1.82) is 0 Å². The number of aromatic amines is 2. The molecule has 2 aromatic heterocycles. The highest BCUT2D eigenvalue weighted by Gasteiger charge is 2.12. The molecular formula is C11H12N4O2. The molecule has 1 amide bonds. The molecule has 0 saturated carbocycles. The van der Waals surface area contributed by atoms with Crippen molar-refractivity contribution >= 4 is 11.7 Å². The van der Waals surface area contributed by atoms with Crippen LogP contribution in [0.4, 0.5) is 5.82 Å². The van der Waals surface area contributed by atoms with Crippen molar-refractivity contribution < 1.29 is 4.79 Å². The van der Waals surface area contributed by atoms with E-state index in [1.807, 2.05) is 6.92 Å². The van der Waals surface area contributed by atoms with Gasteiger partial charge in [0.05, 0.1) is 6.20 Å². The van der Waals surface area contributed by atoms with Gasteiger partial charge in [-0.05, 0) is 6.42 Å². The summed E-state index contributed by atoms with van der Waals surface area (Å²) in [7, 11) is 0. The van der Waals surface area contributed by atoms with E-state index in [1.165, 1.54) is 18.5 Å². The van der Waals surface area contributed by atoms with Gasteiger partial charge in [0, 0.05) is 24.0 Å². The smallest absolute Gasteiger partial charge is 0.262 e. The lowest BCUT2D eigenvalue weighted by Crippen LogP contribution is -2.21. The Morgan fingerprint density at radius 3 is 3.06 bits per heavy atom. The highest BCUT2D eigenvalue weighted by Crippen LogP contribution is 2.11. The van der Waals surface area contributed by atoms with Crippen molar-refractivity contribution in [3.8, 4) is 0 Å². The van der Waals surface area contributed by atoms with Gasteiger partial charge in [0.25, 0.3) is 5.91 Å². The molecule has 2 heterocycles. The van der Waals surface area contributed by atoms with E-state index in [9.17, 15) is 9.59 Å². The monoisotopic (exact) mass is 232 g/mol. The number of carbonyl (C=O) groups excluding carboxylic acids is 1. The number of carbonyl (C=O) groups is 1. The average molecular weight is 232 g/mol. The van der Waals surface area contributed by atoms with Crippen LogP contribution >= 0.6 is 0 Å². The molecule has 6 nitrogen and oxygen atoms in total. The van der Waals surface area contributed by atoms with Gasteiger partial charge in [-0.3, -0.25) is 14.7 Å². The van der Waals surface area contributed by atoms with Gasteiger partial charge in [-0.15, -0.1) is 0 Å². The molecular weight excluding hydrogens is 220 g/mol. The van der Waals surface area contributed by atoms with E-state index >= 15 is 0 Å². The summed E-state index contributed by atoms with van der Waals surface area (Å²) in [5.41, 5.74) is 0.647. The molecule has 0 bridgehead atoms. The quantitative estimate of drug-likeness (QED) is 0.734. The maximum atomic E-state index is 11.8. The number of nitrogens with one attached hydrogen (secondary N) is 3. The van der Waals surface area contributed by atoms with E-state index in [4.69, 9.17) is 0 Å². The predicted octanol–water partition coefficient (Wildman–Crippen LogP) is 0.913. The van der Waals surface area contributed by atoms with E-state index < -0.39 is 5.91 Å². The van der Waals surface area contributed by atoms with Crippen molar-refractivity contribution in [3.63, 3.8) is 0 Å². The predicted molar refractivity (Wildman–Crippen MR) is 63.0 cm³/mol. The summed E-state index contributed by atoms with van der Waals surface area (Å²) in [5.74, 6) is 0.0755. The molecule has 3 N–H and O–H groups in total. The minimum Gasteiger partial charge on any atom is -0.367 e. The topological polar surface area (TPSA) is 90.6 Å². The summed E-state index contributed by atoms with van der Waals surface area (Å²) in [4.78, 5) is 26.0. The lowest BCUT2D eigenvalue weighted by Gasteiger charge is -2.03. The third kappa shape index (κ3) is 2.25. The van der Waals surface area contributed by atoms with Gasteiger partial charge in [0.2, 0.25) is 0 Å². The first kappa shape index (κ1) is 11.1. The molecule has 0 spiro atoms. The van der Waals surface area contributed by atoms with E-state index in [0.717, 1.165) is 12.0 Å². The van der Waals surface area contributed by atoms with E-state index in [2.05, 4.69) is 20.5 Å². The van der Waals surface area contributed by atoms with Gasteiger partial charge in [-0.2, -0.15) is 5.10 Å². The molecule has 0 saturated heterocycles. The number of amides is 1. The fraction of sp³-hybridized carbons (Fsp3) is 0.182. The summed E-state index contributed by atoms with van der Waals surface area (Å²) in [6.45, 7) is 1.95. The zero-order valence-electron chi connectivity index (χ0n) is 9.28. The van der Waals surface area contributed by atoms with E-state index in [-0.39, 0.29) is 11.0 Å². The molecule has 0 aromatic carbocycles. The first-order chi connectivity index (χ1) is 8.22. The summed E-state index contributed by atoms with van der Waals surface area (Å²) in [5, 5.41) is 9.14. The Morgan fingerprint density at radius 2 is 2.35 bits per heavy atom. The maximum Gasteiger partial charge on any atom is 0.262 e. The van der Waals surface area contributed by atoms with Crippen LogP contribution in [-0.2, 0) is 6.42 Å². The fourth-order valence-electron chi connectivity index (χ4n) is 1.46. The van der Waals surface area contributed by atoms with E-state index in [0.29, 0.717) is 5.82 Å². The van der Waals surface area contributed by atoms with Gasteiger partial charge < -0.3 is 10.3 Å². The molecule has 2 aromatic rings. The minimum absolute atomic E-state index is 0.0733. The first-order valence-electron chi connectivity index (χ1n) is 5.23. The number of H-pyrrole nitrogens is 2. The van der Waals surface area contributed by atoms with Crippen LogP contribution in [0.2, 0.25) is 0 Å². The van der Waals surface area contributed by atoms with Gasteiger partial charge in [0.15, 0.2) is 5.43 Å². The van der Waals surface area contributed by atoms with Crippen LogP contribution in [0.5, 0.6) is 0 Å². The second-order valence-corrected chi connectivity index (χ2v) is 3.50. The van der Waals surface area contributed by atoms with E-state index in [1.54, 1.807) is 6.20 Å². The summed E-state index contributed by atoms with van der Waals surface area (Å²) in [6.07, 6.45) is 5.24. The molecule has 0 aliphatic rings. The molecule has 0 radical (unpaired) electrons. The van der Waals surface area contributed by atoms with Crippen molar-refractivity contribution in [1.82, 2.24) is 15.2 Å². The number of rotatable bonds is 3. The molecule has 0 aliphatic carbocycles. The highest BCUT2D eigenvalue weighted by atomic mass is 16.2. The van der Waals surface area contributed by atoms with Crippen LogP contribution in [0.15, 0.2) is 29.5 Å². The van der Waals surface area contributed by atoms with Crippen LogP contribution < -0.4 is 10.7 Å². The summed E-state index contributed by atoms with van der Waals surface area (Å²) in [6, 6.07) is 1.31. The third-order valence-electron chi connectivity index (χ3n) is 2.41. The Hall–Kier alpha value is -2.37. The Bertz CT molecular complexity index is 585. The van der Waals surface area contributed by atoms with Crippen LogP contribution in [0.1, 0.15) is 22.8 Å². The molecule has 0 aliphatic heterocycles. The van der Waals surface area contributed by atoms with Crippen LogP contribution in [0.3, 0.4) is 0 Å². The number of hydrogen-bond acceptors (Lipinski definition) is 3. The van der Waals surface area contributed by atoms with Crippen molar-refractivity contribution in [3.05, 3.63) is 46.0 Å². The number of anilines is 1. The SMILES string of the molecule is CCc1cn[nH]c1NC(=O)c1c[nH]ccc1=O. The number of hydrogen-bond donors (Lipinski definition) is 3. The number of aromatic nitrogens is 3. The Kier molecular flexibility index (Phi) is 3.04. The first-order valence-corrected chi connectivity index (χ1v) is 5.23.